The number of nitrogens with one attached hydrogen (secondary N) is 1. The third-order valence-electron chi connectivity index (χ3n) is 3.00. The first kappa shape index (κ1) is 10.7. The molecule has 1 aromatic carbocycles. The lowest BCUT2D eigenvalue weighted by Gasteiger charge is -2.08. The maximum atomic E-state index is 11.3. The molecular weight excluding hydrogens is 198 g/mol. The molecular formula is C14H15NO. The summed E-state index contributed by atoms with van der Waals surface area (Å²) < 4.78 is 0. The van der Waals surface area contributed by atoms with Crippen LogP contribution < -0.4 is 5.56 Å². The zero-order chi connectivity index (χ0) is 11.7. The van der Waals surface area contributed by atoms with Gasteiger partial charge in [-0.25, -0.2) is 0 Å². The van der Waals surface area contributed by atoms with E-state index in [1.807, 2.05) is 19.1 Å². The molecule has 2 heteroatoms. The van der Waals surface area contributed by atoms with Crippen LogP contribution in [0, 0.1) is 20.8 Å². The van der Waals surface area contributed by atoms with Gasteiger partial charge in [-0.2, -0.15) is 0 Å². The maximum Gasteiger partial charge on any atom is 0.250 e. The molecule has 0 radical (unpaired) electrons. The molecule has 1 N–H and O–H groups in total. The number of hydrogen-bond donors (Lipinski definition) is 1. The Morgan fingerprint density at radius 1 is 1.06 bits per heavy atom. The Labute approximate surface area is 95.0 Å². The van der Waals surface area contributed by atoms with Gasteiger partial charge < -0.3 is 4.98 Å². The number of H-pyrrole nitrogens is 1. The van der Waals surface area contributed by atoms with E-state index in [0.717, 1.165) is 11.1 Å². The minimum Gasteiger partial charge on any atom is -0.328 e. The Morgan fingerprint density at radius 2 is 1.81 bits per heavy atom. The fraction of sp³-hybridized carbons (Fsp3) is 0.214. The van der Waals surface area contributed by atoms with Crippen LogP contribution in [-0.2, 0) is 0 Å². The van der Waals surface area contributed by atoms with Crippen LogP contribution in [-0.4, -0.2) is 4.98 Å². The van der Waals surface area contributed by atoms with E-state index in [4.69, 9.17) is 0 Å². The first-order valence-corrected chi connectivity index (χ1v) is 5.35. The number of rotatable bonds is 1. The van der Waals surface area contributed by atoms with Gasteiger partial charge in [-0.05, 0) is 49.1 Å². The van der Waals surface area contributed by atoms with Crippen LogP contribution in [0.25, 0.3) is 11.1 Å². The molecule has 0 aliphatic carbocycles. The van der Waals surface area contributed by atoms with Gasteiger partial charge in [0, 0.05) is 11.8 Å². The van der Waals surface area contributed by atoms with E-state index in [0.29, 0.717) is 0 Å². The van der Waals surface area contributed by atoms with Crippen LogP contribution in [0.1, 0.15) is 16.7 Å². The molecule has 2 rings (SSSR count). The molecule has 0 atom stereocenters. The molecule has 0 unspecified atom stereocenters. The summed E-state index contributed by atoms with van der Waals surface area (Å²) in [5.74, 6) is 0. The molecule has 1 heterocycles. The summed E-state index contributed by atoms with van der Waals surface area (Å²) >= 11 is 0. The van der Waals surface area contributed by atoms with Crippen molar-refractivity contribution in [1.82, 2.24) is 4.98 Å². The van der Waals surface area contributed by atoms with Crippen molar-refractivity contribution in [2.45, 2.75) is 20.8 Å². The topological polar surface area (TPSA) is 32.9 Å². The molecule has 0 saturated heterocycles. The van der Waals surface area contributed by atoms with Crippen molar-refractivity contribution in [3.8, 4) is 11.1 Å². The standard InChI is InChI=1S/C14H15NO/c1-9-5-4-6-13(11(9)3)12-7-10(2)14(16)15-8-12/h4-8H,1-3H3,(H,15,16). The Bertz CT molecular complexity index is 582. The van der Waals surface area contributed by atoms with Gasteiger partial charge in [0.15, 0.2) is 0 Å². The minimum absolute atomic E-state index is 0.0194. The number of aromatic amines is 1. The molecule has 0 spiro atoms. The predicted octanol–water partition coefficient (Wildman–Crippen LogP) is 2.97. The quantitative estimate of drug-likeness (QED) is 0.776. The Balaban J connectivity index is 2.63. The summed E-state index contributed by atoms with van der Waals surface area (Å²) in [7, 11) is 0. The molecule has 0 amide bonds. The number of benzene rings is 1. The Morgan fingerprint density at radius 3 is 2.50 bits per heavy atom. The van der Waals surface area contributed by atoms with Crippen molar-refractivity contribution in [1.29, 1.82) is 0 Å². The second-order valence-corrected chi connectivity index (χ2v) is 4.15. The average Bonchev–Trinajstić information content (AvgIpc) is 2.26. The van der Waals surface area contributed by atoms with Gasteiger partial charge in [-0.3, -0.25) is 4.79 Å². The lowest BCUT2D eigenvalue weighted by atomic mass is 9.98. The van der Waals surface area contributed by atoms with E-state index in [1.54, 1.807) is 6.20 Å². The number of pyridine rings is 1. The first-order valence-electron chi connectivity index (χ1n) is 5.35. The molecule has 2 nitrogen and oxygen atoms in total. The van der Waals surface area contributed by atoms with Crippen molar-refractivity contribution in [3.63, 3.8) is 0 Å². The largest absolute Gasteiger partial charge is 0.328 e. The molecule has 1 aromatic heterocycles. The number of aryl methyl sites for hydroxylation is 2. The van der Waals surface area contributed by atoms with Crippen molar-refractivity contribution < 1.29 is 0 Å². The normalized spacial score (nSPS) is 10.4. The van der Waals surface area contributed by atoms with Crippen LogP contribution in [0.4, 0.5) is 0 Å². The van der Waals surface area contributed by atoms with Gasteiger partial charge in [-0.1, -0.05) is 18.2 Å². The van der Waals surface area contributed by atoms with Gasteiger partial charge >= 0.3 is 0 Å². The van der Waals surface area contributed by atoms with E-state index in [2.05, 4.69) is 31.0 Å². The van der Waals surface area contributed by atoms with Crippen LogP contribution in [0.2, 0.25) is 0 Å². The van der Waals surface area contributed by atoms with E-state index < -0.39 is 0 Å². The molecule has 0 fully saturated rings. The number of aromatic nitrogens is 1. The zero-order valence-electron chi connectivity index (χ0n) is 9.79. The summed E-state index contributed by atoms with van der Waals surface area (Å²) in [5.41, 5.74) is 5.50. The highest BCUT2D eigenvalue weighted by atomic mass is 16.1. The fourth-order valence-electron chi connectivity index (χ4n) is 1.82. The van der Waals surface area contributed by atoms with Crippen LogP contribution in [0.3, 0.4) is 0 Å². The van der Waals surface area contributed by atoms with Gasteiger partial charge in [0.2, 0.25) is 0 Å². The van der Waals surface area contributed by atoms with Gasteiger partial charge in [-0.15, -0.1) is 0 Å². The van der Waals surface area contributed by atoms with E-state index in [-0.39, 0.29) is 5.56 Å². The van der Waals surface area contributed by atoms with Crippen molar-refractivity contribution >= 4 is 0 Å². The summed E-state index contributed by atoms with van der Waals surface area (Å²) in [6.45, 7) is 6.02. The first-order chi connectivity index (χ1) is 7.59. The van der Waals surface area contributed by atoms with Crippen LogP contribution in [0.5, 0.6) is 0 Å². The van der Waals surface area contributed by atoms with Crippen molar-refractivity contribution in [2.75, 3.05) is 0 Å². The van der Waals surface area contributed by atoms with Crippen molar-refractivity contribution in [2.24, 2.45) is 0 Å². The van der Waals surface area contributed by atoms with Crippen LogP contribution in [0.15, 0.2) is 35.3 Å². The smallest absolute Gasteiger partial charge is 0.250 e. The van der Waals surface area contributed by atoms with Crippen LogP contribution >= 0.6 is 0 Å². The molecule has 2 aromatic rings. The highest BCUT2D eigenvalue weighted by Gasteiger charge is 2.04. The third-order valence-corrected chi connectivity index (χ3v) is 3.00. The van der Waals surface area contributed by atoms with Gasteiger partial charge in [0.1, 0.15) is 0 Å². The molecule has 0 bridgehead atoms. The highest BCUT2D eigenvalue weighted by molar-refractivity contribution is 5.68. The second kappa shape index (κ2) is 3.97. The Kier molecular flexibility index (Phi) is 2.65. The van der Waals surface area contributed by atoms with E-state index >= 15 is 0 Å². The average molecular weight is 213 g/mol. The molecule has 0 aliphatic heterocycles. The summed E-state index contributed by atoms with van der Waals surface area (Å²) in [6, 6.07) is 8.14. The van der Waals surface area contributed by atoms with Crippen molar-refractivity contribution in [3.05, 3.63) is 57.5 Å². The molecule has 0 saturated carbocycles. The summed E-state index contributed by atoms with van der Waals surface area (Å²) in [5, 5.41) is 0. The summed E-state index contributed by atoms with van der Waals surface area (Å²) in [4.78, 5) is 14.1. The molecule has 0 aliphatic rings. The predicted molar refractivity (Wildman–Crippen MR) is 66.7 cm³/mol. The molecule has 82 valence electrons. The lowest BCUT2D eigenvalue weighted by Crippen LogP contribution is -2.08. The maximum absolute atomic E-state index is 11.3. The van der Waals surface area contributed by atoms with Gasteiger partial charge in [0.25, 0.3) is 5.56 Å². The van der Waals surface area contributed by atoms with E-state index in [1.165, 1.54) is 16.7 Å². The summed E-state index contributed by atoms with van der Waals surface area (Å²) in [6.07, 6.45) is 1.77. The monoisotopic (exact) mass is 213 g/mol. The zero-order valence-corrected chi connectivity index (χ0v) is 9.79. The minimum atomic E-state index is -0.0194. The van der Waals surface area contributed by atoms with Gasteiger partial charge in [0.05, 0.1) is 0 Å². The lowest BCUT2D eigenvalue weighted by molar-refractivity contribution is 1.18. The second-order valence-electron chi connectivity index (χ2n) is 4.15. The highest BCUT2D eigenvalue weighted by Crippen LogP contribution is 2.24. The molecule has 16 heavy (non-hydrogen) atoms. The van der Waals surface area contributed by atoms with E-state index in [9.17, 15) is 4.79 Å². The third kappa shape index (κ3) is 1.78. The SMILES string of the molecule is Cc1cccc(-c2c[nH]c(=O)c(C)c2)c1C. The Hall–Kier alpha value is -1.83. The fourth-order valence-corrected chi connectivity index (χ4v) is 1.82. The number of hydrogen-bond acceptors (Lipinski definition) is 1.